The van der Waals surface area contributed by atoms with Crippen molar-refractivity contribution in [2.45, 2.75) is 12.8 Å². The molecule has 3 aromatic rings. The van der Waals surface area contributed by atoms with Gasteiger partial charge in [0.25, 0.3) is 0 Å². The minimum atomic E-state index is -0.652. The number of aromatic nitrogens is 1. The third-order valence-corrected chi connectivity index (χ3v) is 4.53. The number of hydrogen-bond donors (Lipinski definition) is 3. The maximum absolute atomic E-state index is 12.4. The standard InChI is InChI=1S/C19H18BN3O2/c24-19(23-17-4-3-16-12-21-7-5-15(16)11-17)10-13-1-2-14-6-8-22-20(25)18(14)9-13/h1-5,7,9,11-12,22,25H,6,8,10H2,(H,23,24). The lowest BCUT2D eigenvalue weighted by Crippen LogP contribution is -2.51. The van der Waals surface area contributed by atoms with Crippen LogP contribution in [0.15, 0.2) is 54.9 Å². The van der Waals surface area contributed by atoms with Crippen molar-refractivity contribution in [2.24, 2.45) is 0 Å². The van der Waals surface area contributed by atoms with Crippen LogP contribution in [0.1, 0.15) is 11.1 Å². The van der Waals surface area contributed by atoms with Crippen molar-refractivity contribution in [3.8, 4) is 0 Å². The Morgan fingerprint density at radius 2 is 2.12 bits per heavy atom. The maximum Gasteiger partial charge on any atom is 0.413 e. The number of nitrogens with one attached hydrogen (secondary N) is 2. The molecule has 0 saturated carbocycles. The average Bonchev–Trinajstić information content (AvgIpc) is 2.62. The zero-order chi connectivity index (χ0) is 17.2. The van der Waals surface area contributed by atoms with Gasteiger partial charge in [0, 0.05) is 23.5 Å². The van der Waals surface area contributed by atoms with E-state index in [0.29, 0.717) is 0 Å². The number of nitrogens with zero attached hydrogens (tertiary/aromatic N) is 1. The fourth-order valence-electron chi connectivity index (χ4n) is 3.24. The van der Waals surface area contributed by atoms with E-state index in [0.717, 1.165) is 46.0 Å². The second-order valence-electron chi connectivity index (χ2n) is 6.30. The molecular weight excluding hydrogens is 313 g/mol. The predicted octanol–water partition coefficient (Wildman–Crippen LogP) is 1.25. The van der Waals surface area contributed by atoms with Gasteiger partial charge in [0.1, 0.15) is 0 Å². The molecule has 3 N–H and O–H groups in total. The van der Waals surface area contributed by atoms with Gasteiger partial charge < -0.3 is 15.6 Å². The maximum atomic E-state index is 12.4. The second kappa shape index (κ2) is 6.66. The molecule has 0 spiro atoms. The van der Waals surface area contributed by atoms with E-state index >= 15 is 0 Å². The van der Waals surface area contributed by atoms with Gasteiger partial charge in [-0.3, -0.25) is 9.78 Å². The molecule has 1 aliphatic rings. The summed E-state index contributed by atoms with van der Waals surface area (Å²) < 4.78 is 0. The molecule has 0 bridgehead atoms. The predicted molar refractivity (Wildman–Crippen MR) is 99.8 cm³/mol. The first kappa shape index (κ1) is 15.8. The van der Waals surface area contributed by atoms with Crippen molar-refractivity contribution < 1.29 is 9.82 Å². The molecule has 1 aliphatic heterocycles. The van der Waals surface area contributed by atoms with Gasteiger partial charge in [0.2, 0.25) is 5.91 Å². The summed E-state index contributed by atoms with van der Waals surface area (Å²) in [6.45, 7) is 0.769. The van der Waals surface area contributed by atoms with Crippen LogP contribution in [0.3, 0.4) is 0 Å². The van der Waals surface area contributed by atoms with E-state index in [-0.39, 0.29) is 12.3 Å². The first-order chi connectivity index (χ1) is 12.2. The van der Waals surface area contributed by atoms with E-state index in [1.807, 2.05) is 42.5 Å². The Labute approximate surface area is 146 Å². The minimum absolute atomic E-state index is 0.0772. The van der Waals surface area contributed by atoms with Crippen LogP contribution in [0.25, 0.3) is 10.8 Å². The Morgan fingerprint density at radius 3 is 3.04 bits per heavy atom. The van der Waals surface area contributed by atoms with Crippen LogP contribution in [0, 0.1) is 0 Å². The lowest BCUT2D eigenvalue weighted by Gasteiger charge is -2.20. The third-order valence-electron chi connectivity index (χ3n) is 4.53. The molecule has 6 heteroatoms. The fraction of sp³-hybridized carbons (Fsp3) is 0.158. The molecule has 25 heavy (non-hydrogen) atoms. The van der Waals surface area contributed by atoms with E-state index in [2.05, 4.69) is 15.5 Å². The molecule has 2 heterocycles. The molecule has 5 nitrogen and oxygen atoms in total. The van der Waals surface area contributed by atoms with Gasteiger partial charge in [-0.15, -0.1) is 0 Å². The summed E-state index contributed by atoms with van der Waals surface area (Å²) in [5.41, 5.74) is 3.67. The molecule has 0 fully saturated rings. The van der Waals surface area contributed by atoms with E-state index in [4.69, 9.17) is 0 Å². The summed E-state index contributed by atoms with van der Waals surface area (Å²) in [7, 11) is -0.652. The van der Waals surface area contributed by atoms with Gasteiger partial charge in [0.15, 0.2) is 0 Å². The van der Waals surface area contributed by atoms with Gasteiger partial charge >= 0.3 is 7.05 Å². The van der Waals surface area contributed by atoms with Gasteiger partial charge in [-0.2, -0.15) is 0 Å². The highest BCUT2D eigenvalue weighted by Gasteiger charge is 2.22. The molecular formula is C19H18BN3O2. The molecule has 0 aliphatic carbocycles. The van der Waals surface area contributed by atoms with Crippen LogP contribution in [-0.4, -0.2) is 29.5 Å². The first-order valence-corrected chi connectivity index (χ1v) is 8.36. The first-order valence-electron chi connectivity index (χ1n) is 8.36. The summed E-state index contributed by atoms with van der Waals surface area (Å²) in [6.07, 6.45) is 4.70. The summed E-state index contributed by atoms with van der Waals surface area (Å²) in [6, 6.07) is 13.6. The van der Waals surface area contributed by atoms with Crippen molar-refractivity contribution in [1.29, 1.82) is 0 Å². The minimum Gasteiger partial charge on any atom is -0.433 e. The SMILES string of the molecule is O=C(Cc1ccc2c(c1)B(O)NCC2)Nc1ccc2cnccc2c1. The van der Waals surface area contributed by atoms with Gasteiger partial charge in [-0.05, 0) is 53.1 Å². The molecule has 0 saturated heterocycles. The van der Waals surface area contributed by atoms with E-state index < -0.39 is 7.05 Å². The van der Waals surface area contributed by atoms with Gasteiger partial charge in [-0.1, -0.05) is 24.3 Å². The van der Waals surface area contributed by atoms with Crippen LogP contribution >= 0.6 is 0 Å². The highest BCUT2D eigenvalue weighted by Crippen LogP contribution is 2.18. The summed E-state index contributed by atoms with van der Waals surface area (Å²) >= 11 is 0. The van der Waals surface area contributed by atoms with Crippen molar-refractivity contribution in [3.63, 3.8) is 0 Å². The van der Waals surface area contributed by atoms with Crippen molar-refractivity contribution in [3.05, 3.63) is 66.0 Å². The smallest absolute Gasteiger partial charge is 0.413 e. The number of amides is 1. The van der Waals surface area contributed by atoms with Crippen LogP contribution in [0.5, 0.6) is 0 Å². The highest BCUT2D eigenvalue weighted by atomic mass is 16.2. The van der Waals surface area contributed by atoms with E-state index in [1.165, 1.54) is 0 Å². The Morgan fingerprint density at radius 1 is 1.20 bits per heavy atom. The van der Waals surface area contributed by atoms with Crippen molar-refractivity contribution in [1.82, 2.24) is 10.2 Å². The van der Waals surface area contributed by atoms with Crippen LogP contribution in [0.4, 0.5) is 5.69 Å². The normalized spacial score (nSPS) is 13.6. The Balaban J connectivity index is 1.49. The Bertz CT molecular complexity index is 945. The molecule has 0 unspecified atom stereocenters. The number of hydrogen-bond acceptors (Lipinski definition) is 4. The number of fused-ring (bicyclic) bond motifs is 2. The summed E-state index contributed by atoms with van der Waals surface area (Å²) in [5.74, 6) is -0.0772. The number of carbonyl (C=O) groups excluding carboxylic acids is 1. The molecule has 4 rings (SSSR count). The number of benzene rings is 2. The molecule has 0 radical (unpaired) electrons. The number of pyridine rings is 1. The molecule has 1 amide bonds. The lowest BCUT2D eigenvalue weighted by molar-refractivity contribution is -0.115. The summed E-state index contributed by atoms with van der Waals surface area (Å²) in [5, 5.41) is 18.1. The van der Waals surface area contributed by atoms with E-state index in [9.17, 15) is 9.82 Å². The van der Waals surface area contributed by atoms with Crippen molar-refractivity contribution in [2.75, 3.05) is 11.9 Å². The lowest BCUT2D eigenvalue weighted by atomic mass is 9.68. The van der Waals surface area contributed by atoms with Crippen LogP contribution in [-0.2, 0) is 17.6 Å². The third kappa shape index (κ3) is 3.40. The van der Waals surface area contributed by atoms with Crippen molar-refractivity contribution >= 4 is 34.9 Å². The van der Waals surface area contributed by atoms with Crippen LogP contribution < -0.4 is 16.0 Å². The summed E-state index contributed by atoms with van der Waals surface area (Å²) in [4.78, 5) is 16.5. The molecule has 2 aromatic carbocycles. The average molecular weight is 331 g/mol. The van der Waals surface area contributed by atoms with E-state index in [1.54, 1.807) is 12.4 Å². The second-order valence-corrected chi connectivity index (χ2v) is 6.30. The van der Waals surface area contributed by atoms with Gasteiger partial charge in [-0.25, -0.2) is 0 Å². The fourth-order valence-corrected chi connectivity index (χ4v) is 3.24. The number of rotatable bonds is 3. The van der Waals surface area contributed by atoms with Crippen LogP contribution in [0.2, 0.25) is 0 Å². The number of anilines is 1. The van der Waals surface area contributed by atoms with Gasteiger partial charge in [0.05, 0.1) is 6.42 Å². The Hall–Kier alpha value is -2.70. The highest BCUT2D eigenvalue weighted by molar-refractivity contribution is 6.64. The quantitative estimate of drug-likeness (QED) is 0.632. The monoisotopic (exact) mass is 331 g/mol. The number of carbonyl (C=O) groups is 1. The molecule has 0 atom stereocenters. The Kier molecular flexibility index (Phi) is 4.21. The largest absolute Gasteiger partial charge is 0.433 e. The zero-order valence-corrected chi connectivity index (χ0v) is 13.7. The molecule has 1 aromatic heterocycles. The zero-order valence-electron chi connectivity index (χ0n) is 13.7. The topological polar surface area (TPSA) is 74.2 Å². The molecule has 124 valence electrons.